The number of aliphatic hydroxyl groups is 5. The minimum Gasteiger partial charge on any atom is -0.499 e. The smallest absolute Gasteiger partial charge is 0.302 e. The largest absolute Gasteiger partial charge is 0.499 e. The molecule has 0 radical (unpaired) electrons. The number of fused-ring (bicyclic) bond motifs is 6. The average Bonchev–Trinajstić information content (AvgIpc) is 3.60. The number of nitrogens with zero attached hydrogens (tertiary/aromatic N) is 4. The van der Waals surface area contributed by atoms with Crippen LogP contribution in [0, 0.1) is 0 Å². The number of nitrogens with two attached hydrogens (primary N) is 1. The molecule has 4 aliphatic heterocycles. The Hall–Kier alpha value is -5.82. The van der Waals surface area contributed by atoms with Crippen LogP contribution in [0.1, 0.15) is 55.3 Å². The topological polar surface area (TPSA) is 256 Å². The number of amidine groups is 1. The molecular weight excluding hydrogens is 718 g/mol. The summed E-state index contributed by atoms with van der Waals surface area (Å²) in [6.45, 7) is -1.89. The highest BCUT2D eigenvalue weighted by atomic mass is 16.7. The van der Waals surface area contributed by atoms with Gasteiger partial charge in [-0.15, -0.1) is 0 Å². The molecule has 7 N–H and O–H groups in total. The molecule has 284 valence electrons. The predicted octanol–water partition coefficient (Wildman–Crippen LogP) is -0.0802. The normalized spacial score (nSPS) is 27.5. The molecule has 4 heterocycles. The van der Waals surface area contributed by atoms with Gasteiger partial charge in [0, 0.05) is 46.9 Å². The lowest BCUT2D eigenvalue weighted by Gasteiger charge is -2.47. The number of allylic oxidation sites excluding steroid dienone is 1. The lowest BCUT2D eigenvalue weighted by atomic mass is 9.79. The van der Waals surface area contributed by atoms with Crippen LogP contribution >= 0.6 is 0 Å². The molecule has 17 nitrogen and oxygen atoms in total. The Morgan fingerprint density at radius 3 is 2.45 bits per heavy atom. The van der Waals surface area contributed by atoms with E-state index in [1.54, 1.807) is 47.4 Å². The van der Waals surface area contributed by atoms with Gasteiger partial charge in [0.05, 0.1) is 18.4 Å². The summed E-state index contributed by atoms with van der Waals surface area (Å²) < 4.78 is 24.5. The third-order valence-corrected chi connectivity index (χ3v) is 10.2. The molecule has 2 bridgehead atoms. The highest BCUT2D eigenvalue weighted by Gasteiger charge is 2.57. The summed E-state index contributed by atoms with van der Waals surface area (Å²) in [6.07, 6.45) is -4.26. The molecule has 0 unspecified atom stereocenters. The minimum absolute atomic E-state index is 0.00953. The van der Waals surface area contributed by atoms with Crippen LogP contribution < -0.4 is 20.1 Å². The molecule has 1 fully saturated rings. The summed E-state index contributed by atoms with van der Waals surface area (Å²) >= 11 is 0. The maximum Gasteiger partial charge on any atom is 0.302 e. The summed E-state index contributed by atoms with van der Waals surface area (Å²) in [7, 11) is 0. The lowest BCUT2D eigenvalue weighted by molar-refractivity contribution is -0.323. The highest BCUT2D eigenvalue weighted by molar-refractivity contribution is 6.72. The Labute approximate surface area is 312 Å². The molecule has 8 rings (SSSR count). The summed E-state index contributed by atoms with van der Waals surface area (Å²) in [5.74, 6) is -3.28. The molecule has 0 spiro atoms. The number of carbonyl (C=O) groups excluding carboxylic acids is 3. The first-order chi connectivity index (χ1) is 26.6. The summed E-state index contributed by atoms with van der Waals surface area (Å²) in [5, 5.41) is 54.1. The number of guanidine groups is 1. The standard InChI is InChI=1S/C38H35N5O12/c39-37-41-34-27(35(50)42-37)40-17-43(34)24-8-4-3-5-19(24)18-9-13-52-16-25-30(48)33(49)38(51,10-11-44)36(54-25)55-31-22(18)15-23-26(32(31)53-14-12-45)29(47)21-7-2-1-6-20(21)28(23)46/h1-9,13,15,18,25,30,33,36,44-45,48-49,51H,10-12,14,16-17H2,(H2,39,42,50)/b13-9+/t18-,25-,30-,33+,36+,38-/m0/s1. The van der Waals surface area contributed by atoms with Crippen molar-refractivity contribution in [2.24, 2.45) is 20.7 Å². The number of carbonyl (C=O) groups is 3. The Balaban J connectivity index is 1.39. The van der Waals surface area contributed by atoms with Gasteiger partial charge in [0.2, 0.25) is 12.2 Å². The van der Waals surface area contributed by atoms with Crippen LogP contribution in [0.5, 0.6) is 11.5 Å². The zero-order chi connectivity index (χ0) is 38.6. The molecule has 0 aromatic heterocycles. The molecule has 1 amide bonds. The molecule has 1 aliphatic carbocycles. The Morgan fingerprint density at radius 1 is 0.945 bits per heavy atom. The van der Waals surface area contributed by atoms with Gasteiger partial charge >= 0.3 is 5.91 Å². The summed E-state index contributed by atoms with van der Waals surface area (Å²) in [6, 6.07) is 14.7. The van der Waals surface area contributed by atoms with Gasteiger partial charge in [0.15, 0.2) is 40.2 Å². The number of hydrogen-bond acceptors (Lipinski definition) is 16. The monoisotopic (exact) mass is 753 g/mol. The SMILES string of the molecule is NC1=NC(=O)C2=NCN(c3ccccc3[C@@H]3/C=C/OC[C@@H]4O[C@H](Oc5c3cc3c(c5OCCO)C(=O)c5ccccc5C3=O)[C@](O)(CCO)[C@H](O)[C@H]4O)C2=N1. The van der Waals surface area contributed by atoms with Crippen molar-refractivity contribution < 1.29 is 58.9 Å². The average molecular weight is 754 g/mol. The van der Waals surface area contributed by atoms with Crippen molar-refractivity contribution in [3.8, 4) is 11.5 Å². The molecule has 3 aromatic carbocycles. The van der Waals surface area contributed by atoms with Gasteiger partial charge in [0.1, 0.15) is 38.2 Å². The van der Waals surface area contributed by atoms with E-state index in [1.165, 1.54) is 24.5 Å². The first-order valence-electron chi connectivity index (χ1n) is 17.4. The van der Waals surface area contributed by atoms with Crippen LogP contribution in [0.4, 0.5) is 5.69 Å². The molecule has 1 saturated heterocycles. The molecule has 55 heavy (non-hydrogen) atoms. The van der Waals surface area contributed by atoms with Gasteiger partial charge in [-0.25, -0.2) is 0 Å². The van der Waals surface area contributed by atoms with E-state index in [0.717, 1.165) is 0 Å². The van der Waals surface area contributed by atoms with Crippen LogP contribution in [0.15, 0.2) is 81.9 Å². The van der Waals surface area contributed by atoms with E-state index in [0.29, 0.717) is 11.3 Å². The van der Waals surface area contributed by atoms with Gasteiger partial charge in [-0.2, -0.15) is 9.98 Å². The van der Waals surface area contributed by atoms with Crippen LogP contribution in [-0.2, 0) is 14.3 Å². The maximum atomic E-state index is 14.3. The minimum atomic E-state index is -2.43. The van der Waals surface area contributed by atoms with Crippen molar-refractivity contribution in [2.45, 2.75) is 42.5 Å². The van der Waals surface area contributed by atoms with Crippen LogP contribution in [-0.4, -0.2) is 124 Å². The number of anilines is 1. The van der Waals surface area contributed by atoms with E-state index in [9.17, 15) is 39.9 Å². The number of aliphatic imine (C=N–C) groups is 3. The fourth-order valence-corrected chi connectivity index (χ4v) is 7.50. The van der Waals surface area contributed by atoms with Crippen molar-refractivity contribution in [1.29, 1.82) is 0 Å². The second kappa shape index (κ2) is 14.1. The van der Waals surface area contributed by atoms with E-state index in [1.807, 2.05) is 0 Å². The van der Waals surface area contributed by atoms with E-state index < -0.39 is 73.2 Å². The van der Waals surface area contributed by atoms with Gasteiger partial charge in [0.25, 0.3) is 0 Å². The molecular formula is C38H35N5O12. The molecule has 0 saturated carbocycles. The molecule has 5 aliphatic rings. The molecule has 3 aromatic rings. The Morgan fingerprint density at radius 2 is 1.69 bits per heavy atom. The first kappa shape index (κ1) is 36.2. The zero-order valence-corrected chi connectivity index (χ0v) is 28.9. The third-order valence-electron chi connectivity index (χ3n) is 10.2. The number of rotatable bonds is 7. The zero-order valence-electron chi connectivity index (χ0n) is 28.9. The van der Waals surface area contributed by atoms with Crippen LogP contribution in [0.3, 0.4) is 0 Å². The van der Waals surface area contributed by atoms with Crippen molar-refractivity contribution in [2.75, 3.05) is 38.0 Å². The number of ketones is 2. The number of para-hydroxylation sites is 1. The van der Waals surface area contributed by atoms with Crippen LogP contribution in [0.25, 0.3) is 0 Å². The number of aliphatic hydroxyl groups excluding tert-OH is 4. The van der Waals surface area contributed by atoms with Crippen molar-refractivity contribution >= 4 is 40.7 Å². The number of ether oxygens (including phenoxy) is 4. The van der Waals surface area contributed by atoms with Crippen molar-refractivity contribution in [3.63, 3.8) is 0 Å². The fraction of sp³-hybridized carbons (Fsp3) is 0.316. The second-order valence-corrected chi connectivity index (χ2v) is 13.3. The third kappa shape index (κ3) is 5.88. The van der Waals surface area contributed by atoms with E-state index in [4.69, 9.17) is 24.7 Å². The predicted molar refractivity (Wildman–Crippen MR) is 193 cm³/mol. The second-order valence-electron chi connectivity index (χ2n) is 13.3. The van der Waals surface area contributed by atoms with Gasteiger partial charge < -0.3 is 55.1 Å². The maximum absolute atomic E-state index is 14.3. The van der Waals surface area contributed by atoms with Gasteiger partial charge in [-0.1, -0.05) is 42.5 Å². The Kier molecular flexibility index (Phi) is 9.28. The number of hydrogen-bond donors (Lipinski definition) is 6. The fourth-order valence-electron chi connectivity index (χ4n) is 7.50. The summed E-state index contributed by atoms with van der Waals surface area (Å²) in [5.41, 5.74) is 4.65. The molecule has 6 atom stereocenters. The van der Waals surface area contributed by atoms with E-state index >= 15 is 0 Å². The van der Waals surface area contributed by atoms with E-state index in [2.05, 4.69) is 15.0 Å². The number of benzene rings is 3. The number of amides is 1. The summed E-state index contributed by atoms with van der Waals surface area (Å²) in [4.78, 5) is 55.3. The van der Waals surface area contributed by atoms with Crippen LogP contribution in [0.2, 0.25) is 0 Å². The van der Waals surface area contributed by atoms with Gasteiger partial charge in [-0.05, 0) is 23.8 Å². The van der Waals surface area contributed by atoms with Gasteiger partial charge in [-0.3, -0.25) is 19.4 Å². The van der Waals surface area contributed by atoms with Crippen molar-refractivity contribution in [1.82, 2.24) is 0 Å². The lowest BCUT2D eigenvalue weighted by Crippen LogP contribution is -2.68. The highest BCUT2D eigenvalue weighted by Crippen LogP contribution is 2.50. The van der Waals surface area contributed by atoms with E-state index in [-0.39, 0.29) is 76.7 Å². The Bertz CT molecular complexity index is 2240. The molecule has 17 heteroatoms. The van der Waals surface area contributed by atoms with Crippen molar-refractivity contribution in [3.05, 3.63) is 100 Å². The first-order valence-corrected chi connectivity index (χ1v) is 17.4. The quantitative estimate of drug-likeness (QED) is 0.144.